The zero-order chi connectivity index (χ0) is 10.1. The van der Waals surface area contributed by atoms with Crippen molar-refractivity contribution >= 4 is 7.53 Å². The van der Waals surface area contributed by atoms with Crippen molar-refractivity contribution in [2.75, 3.05) is 0 Å². The summed E-state index contributed by atoms with van der Waals surface area (Å²) in [6.45, 7) is 0. The Hall–Kier alpha value is -1.26. The summed E-state index contributed by atoms with van der Waals surface area (Å²) >= 11 is 0. The van der Waals surface area contributed by atoms with Gasteiger partial charge >= 0.3 is 0 Å². The highest BCUT2D eigenvalue weighted by molar-refractivity contribution is 7.56. The summed E-state index contributed by atoms with van der Waals surface area (Å²) in [5.41, 5.74) is 3.12. The molecule has 0 aliphatic heterocycles. The molecule has 0 spiro atoms. The van der Waals surface area contributed by atoms with Gasteiger partial charge in [-0.1, -0.05) is 50.0 Å². The van der Waals surface area contributed by atoms with Gasteiger partial charge < -0.3 is 0 Å². The average Bonchev–Trinajstić information content (AvgIpc) is 2.74. The third-order valence-electron chi connectivity index (χ3n) is 2.90. The molecule has 15 heavy (non-hydrogen) atoms. The van der Waals surface area contributed by atoms with Gasteiger partial charge in [-0.05, 0) is 40.9 Å². The molecule has 0 bridgehead atoms. The molecule has 0 saturated carbocycles. The van der Waals surface area contributed by atoms with E-state index in [1.165, 1.54) is 5.30 Å². The van der Waals surface area contributed by atoms with E-state index in [1.807, 2.05) is 0 Å². The SMILES string of the molecule is C1=CCc2cp(-c3ccccc3)cc2C1. The predicted octanol–water partition coefficient (Wildman–Crippen LogP) is 4.32. The lowest BCUT2D eigenvalue weighted by atomic mass is 10.0. The van der Waals surface area contributed by atoms with Crippen LogP contribution in [0.4, 0.5) is 0 Å². The van der Waals surface area contributed by atoms with E-state index in [0.717, 1.165) is 12.8 Å². The van der Waals surface area contributed by atoms with E-state index >= 15 is 0 Å². The number of benzene rings is 1. The Morgan fingerprint density at radius 3 is 2.00 bits per heavy atom. The second kappa shape index (κ2) is 3.72. The number of hydrogen-bond acceptors (Lipinski definition) is 0. The first-order valence-corrected chi connectivity index (χ1v) is 6.81. The molecule has 3 rings (SSSR count). The normalized spacial score (nSPS) is 13.9. The van der Waals surface area contributed by atoms with Crippen LogP contribution in [0.1, 0.15) is 11.1 Å². The molecule has 1 aliphatic carbocycles. The maximum absolute atomic E-state index is 2.48. The van der Waals surface area contributed by atoms with Crippen molar-refractivity contribution in [1.82, 2.24) is 0 Å². The summed E-state index contributed by atoms with van der Waals surface area (Å²) in [5, 5.41) is 1.47. The van der Waals surface area contributed by atoms with Crippen molar-refractivity contribution in [3.63, 3.8) is 0 Å². The van der Waals surface area contributed by atoms with Crippen LogP contribution in [0.5, 0.6) is 0 Å². The van der Waals surface area contributed by atoms with Crippen LogP contribution in [0.2, 0.25) is 0 Å². The van der Waals surface area contributed by atoms with Crippen molar-refractivity contribution in [3.05, 3.63) is 65.2 Å². The zero-order valence-electron chi connectivity index (χ0n) is 8.56. The highest BCUT2D eigenvalue weighted by Crippen LogP contribution is 2.43. The number of allylic oxidation sites excluding steroid dienone is 2. The molecule has 1 aromatic carbocycles. The molecule has 0 amide bonds. The average molecular weight is 212 g/mol. The van der Waals surface area contributed by atoms with Gasteiger partial charge in [0, 0.05) is 0 Å². The van der Waals surface area contributed by atoms with Crippen LogP contribution in [0.15, 0.2) is 54.1 Å². The lowest BCUT2D eigenvalue weighted by Crippen LogP contribution is -1.90. The predicted molar refractivity (Wildman–Crippen MR) is 67.0 cm³/mol. The lowest BCUT2D eigenvalue weighted by molar-refractivity contribution is 1.12. The Balaban J connectivity index is 2.04. The van der Waals surface area contributed by atoms with E-state index in [9.17, 15) is 0 Å². The Morgan fingerprint density at radius 2 is 1.40 bits per heavy atom. The van der Waals surface area contributed by atoms with Gasteiger partial charge in [0.05, 0.1) is 0 Å². The largest absolute Gasteiger partial charge is 0.0928 e. The van der Waals surface area contributed by atoms with Crippen LogP contribution in [-0.2, 0) is 12.8 Å². The molecule has 0 atom stereocenters. The van der Waals surface area contributed by atoms with Crippen molar-refractivity contribution in [3.8, 4) is 5.30 Å². The van der Waals surface area contributed by atoms with Gasteiger partial charge in [-0.3, -0.25) is 0 Å². The Bertz CT molecular complexity index is 466. The number of rotatable bonds is 1. The van der Waals surface area contributed by atoms with E-state index in [1.54, 1.807) is 11.1 Å². The Labute approximate surface area is 91.3 Å². The molecule has 1 heteroatoms. The van der Waals surface area contributed by atoms with Gasteiger partial charge in [0.25, 0.3) is 0 Å². The van der Waals surface area contributed by atoms with E-state index in [2.05, 4.69) is 54.1 Å². The molecule has 0 fully saturated rings. The van der Waals surface area contributed by atoms with Gasteiger partial charge in [0.2, 0.25) is 0 Å². The second-order valence-electron chi connectivity index (χ2n) is 3.93. The maximum Gasteiger partial charge on any atom is -0.00217 e. The van der Waals surface area contributed by atoms with Crippen LogP contribution < -0.4 is 0 Å². The summed E-state index contributed by atoms with van der Waals surface area (Å²) < 4.78 is 0. The van der Waals surface area contributed by atoms with Gasteiger partial charge in [-0.2, -0.15) is 0 Å². The first kappa shape index (κ1) is 9.00. The highest BCUT2D eigenvalue weighted by Gasteiger charge is 2.08. The molecule has 2 aromatic rings. The van der Waals surface area contributed by atoms with Crippen molar-refractivity contribution in [2.24, 2.45) is 0 Å². The third kappa shape index (κ3) is 1.66. The van der Waals surface area contributed by atoms with Crippen molar-refractivity contribution < 1.29 is 0 Å². The van der Waals surface area contributed by atoms with Crippen molar-refractivity contribution in [1.29, 1.82) is 0 Å². The summed E-state index contributed by atoms with van der Waals surface area (Å²) in [4.78, 5) is 0. The quantitative estimate of drug-likeness (QED) is 0.617. The summed E-state index contributed by atoms with van der Waals surface area (Å²) in [7, 11) is -0.155. The van der Waals surface area contributed by atoms with E-state index in [0.29, 0.717) is 0 Å². The smallest absolute Gasteiger partial charge is 0.00217 e. The molecule has 0 saturated heterocycles. The van der Waals surface area contributed by atoms with Gasteiger partial charge in [0.15, 0.2) is 0 Å². The molecule has 74 valence electrons. The topological polar surface area (TPSA) is 0 Å². The highest BCUT2D eigenvalue weighted by atomic mass is 31.1. The van der Waals surface area contributed by atoms with Gasteiger partial charge in [-0.25, -0.2) is 0 Å². The summed E-state index contributed by atoms with van der Waals surface area (Å²) in [6.07, 6.45) is 6.84. The minimum atomic E-state index is -0.155. The summed E-state index contributed by atoms with van der Waals surface area (Å²) in [5.74, 6) is 4.95. The Morgan fingerprint density at radius 1 is 0.800 bits per heavy atom. The molecule has 0 N–H and O–H groups in total. The fourth-order valence-corrected chi connectivity index (χ4v) is 4.18. The molecule has 0 radical (unpaired) electrons. The zero-order valence-corrected chi connectivity index (χ0v) is 9.45. The maximum atomic E-state index is 2.48. The first-order valence-electron chi connectivity index (χ1n) is 5.33. The molecule has 1 heterocycles. The van der Waals surface area contributed by atoms with Crippen LogP contribution >= 0.6 is 7.53 Å². The summed E-state index contributed by atoms with van der Waals surface area (Å²) in [6, 6.07) is 10.8. The standard InChI is InChI=1S/C14H13P/c1-2-8-14(9-3-1)15-10-12-6-4-5-7-13(12)11-15/h1-5,8-11H,6-7H2. The molecule has 1 aliphatic rings. The fourth-order valence-electron chi connectivity index (χ4n) is 2.08. The fraction of sp³-hybridized carbons (Fsp3) is 0.143. The van der Waals surface area contributed by atoms with E-state index < -0.39 is 0 Å². The molecular weight excluding hydrogens is 199 g/mol. The molecule has 0 unspecified atom stereocenters. The lowest BCUT2D eigenvalue weighted by Gasteiger charge is -2.02. The van der Waals surface area contributed by atoms with E-state index in [-0.39, 0.29) is 7.53 Å². The van der Waals surface area contributed by atoms with Crippen LogP contribution in [0, 0.1) is 0 Å². The van der Waals surface area contributed by atoms with E-state index in [4.69, 9.17) is 0 Å². The molecule has 1 aromatic heterocycles. The van der Waals surface area contributed by atoms with Gasteiger partial charge in [0.1, 0.15) is 0 Å². The van der Waals surface area contributed by atoms with Crippen LogP contribution in [0.25, 0.3) is 5.30 Å². The monoisotopic (exact) mass is 212 g/mol. The number of hydrogen-bond donors (Lipinski definition) is 0. The molecule has 0 nitrogen and oxygen atoms in total. The first-order chi connectivity index (χ1) is 7.43. The minimum Gasteiger partial charge on any atom is -0.0928 e. The van der Waals surface area contributed by atoms with Crippen LogP contribution in [0.3, 0.4) is 0 Å². The second-order valence-corrected chi connectivity index (χ2v) is 5.78. The Kier molecular flexibility index (Phi) is 2.23. The van der Waals surface area contributed by atoms with Crippen molar-refractivity contribution in [2.45, 2.75) is 12.8 Å². The van der Waals surface area contributed by atoms with Gasteiger partial charge in [-0.15, -0.1) is 0 Å². The number of fused-ring (bicyclic) bond motifs is 1. The third-order valence-corrected chi connectivity index (χ3v) is 4.97. The molecular formula is C14H13P. The van der Waals surface area contributed by atoms with Crippen LogP contribution in [-0.4, -0.2) is 0 Å². The minimum absolute atomic E-state index is 0.155.